The van der Waals surface area contributed by atoms with Crippen molar-refractivity contribution < 1.29 is 0 Å². The van der Waals surface area contributed by atoms with Crippen LogP contribution in [0.25, 0.3) is 0 Å². The standard InChI is InChI=1S/C12H12ClN3S/c13-10-3-1-2-9(6-10)7-17-12-15-14-8-16(12)11-4-5-11/h1-3,6,8,11H,4-5,7H2. The van der Waals surface area contributed by atoms with Gasteiger partial charge in [0.15, 0.2) is 5.16 Å². The molecule has 1 aliphatic carbocycles. The van der Waals surface area contributed by atoms with Crippen molar-refractivity contribution >= 4 is 23.4 Å². The van der Waals surface area contributed by atoms with E-state index in [9.17, 15) is 0 Å². The van der Waals surface area contributed by atoms with Gasteiger partial charge in [-0.25, -0.2) is 0 Å². The van der Waals surface area contributed by atoms with Gasteiger partial charge in [0.05, 0.1) is 0 Å². The van der Waals surface area contributed by atoms with Crippen LogP contribution in [0.15, 0.2) is 35.7 Å². The minimum absolute atomic E-state index is 0.631. The van der Waals surface area contributed by atoms with Gasteiger partial charge in [0, 0.05) is 16.8 Å². The van der Waals surface area contributed by atoms with Crippen molar-refractivity contribution in [3.05, 3.63) is 41.2 Å². The Hall–Kier alpha value is -1.00. The van der Waals surface area contributed by atoms with Crippen molar-refractivity contribution in [1.82, 2.24) is 14.8 Å². The maximum absolute atomic E-state index is 5.95. The van der Waals surface area contributed by atoms with E-state index in [2.05, 4.69) is 20.8 Å². The van der Waals surface area contributed by atoms with Crippen molar-refractivity contribution in [2.75, 3.05) is 0 Å². The normalized spacial score (nSPS) is 15.1. The van der Waals surface area contributed by atoms with E-state index in [-0.39, 0.29) is 0 Å². The van der Waals surface area contributed by atoms with Crippen LogP contribution in [0.1, 0.15) is 24.4 Å². The molecule has 1 aromatic carbocycles. The molecule has 0 amide bonds. The van der Waals surface area contributed by atoms with E-state index in [0.29, 0.717) is 6.04 Å². The zero-order valence-corrected chi connectivity index (χ0v) is 10.8. The topological polar surface area (TPSA) is 30.7 Å². The summed E-state index contributed by atoms with van der Waals surface area (Å²) >= 11 is 7.67. The molecule has 3 nitrogen and oxygen atoms in total. The van der Waals surface area contributed by atoms with E-state index in [1.807, 2.05) is 24.5 Å². The van der Waals surface area contributed by atoms with Crippen molar-refractivity contribution in [3.63, 3.8) is 0 Å². The van der Waals surface area contributed by atoms with Gasteiger partial charge in [-0.2, -0.15) is 0 Å². The van der Waals surface area contributed by atoms with Crippen LogP contribution in [-0.2, 0) is 5.75 Å². The molecule has 0 spiro atoms. The number of halogens is 1. The van der Waals surface area contributed by atoms with Crippen molar-refractivity contribution in [1.29, 1.82) is 0 Å². The molecule has 5 heteroatoms. The van der Waals surface area contributed by atoms with Gasteiger partial charge >= 0.3 is 0 Å². The molecule has 0 saturated heterocycles. The highest BCUT2D eigenvalue weighted by Crippen LogP contribution is 2.37. The lowest BCUT2D eigenvalue weighted by molar-refractivity contribution is 0.663. The van der Waals surface area contributed by atoms with Gasteiger partial charge in [0.25, 0.3) is 0 Å². The highest BCUT2D eigenvalue weighted by atomic mass is 35.5. The summed E-state index contributed by atoms with van der Waals surface area (Å²) in [5.74, 6) is 0.881. The SMILES string of the molecule is Clc1cccc(CSc2nncn2C2CC2)c1. The van der Waals surface area contributed by atoms with E-state index < -0.39 is 0 Å². The van der Waals surface area contributed by atoms with Crippen molar-refractivity contribution in [2.24, 2.45) is 0 Å². The van der Waals surface area contributed by atoms with Gasteiger partial charge < -0.3 is 4.57 Å². The number of benzene rings is 1. The van der Waals surface area contributed by atoms with Crippen LogP contribution >= 0.6 is 23.4 Å². The number of rotatable bonds is 4. The van der Waals surface area contributed by atoms with Crippen LogP contribution in [0.3, 0.4) is 0 Å². The Morgan fingerprint density at radius 1 is 1.41 bits per heavy atom. The minimum atomic E-state index is 0.631. The third-order valence-corrected chi connectivity index (χ3v) is 4.00. The molecule has 1 aliphatic rings. The summed E-state index contributed by atoms with van der Waals surface area (Å²) < 4.78 is 2.18. The van der Waals surface area contributed by atoms with Gasteiger partial charge in [-0.1, -0.05) is 35.5 Å². The minimum Gasteiger partial charge on any atom is -0.306 e. The summed E-state index contributed by atoms with van der Waals surface area (Å²) in [4.78, 5) is 0. The Labute approximate surface area is 109 Å². The predicted molar refractivity (Wildman–Crippen MR) is 69.3 cm³/mol. The molecular formula is C12H12ClN3S. The zero-order chi connectivity index (χ0) is 11.7. The molecule has 0 aliphatic heterocycles. The Balaban J connectivity index is 1.69. The number of aromatic nitrogens is 3. The van der Waals surface area contributed by atoms with E-state index in [0.717, 1.165) is 15.9 Å². The maximum Gasteiger partial charge on any atom is 0.191 e. The average Bonchev–Trinajstić information content (AvgIpc) is 3.06. The molecule has 1 fully saturated rings. The second-order valence-electron chi connectivity index (χ2n) is 4.17. The highest BCUT2D eigenvalue weighted by molar-refractivity contribution is 7.98. The number of nitrogens with zero attached hydrogens (tertiary/aromatic N) is 3. The summed E-state index contributed by atoms with van der Waals surface area (Å²) in [6.45, 7) is 0. The molecule has 1 heterocycles. The molecule has 0 bridgehead atoms. The molecular weight excluding hydrogens is 254 g/mol. The Bertz CT molecular complexity index is 522. The molecule has 0 radical (unpaired) electrons. The van der Waals surface area contributed by atoms with Gasteiger partial charge in [0.1, 0.15) is 6.33 Å². The monoisotopic (exact) mass is 265 g/mol. The quantitative estimate of drug-likeness (QED) is 0.792. The van der Waals surface area contributed by atoms with Gasteiger partial charge in [-0.05, 0) is 30.5 Å². The van der Waals surface area contributed by atoms with E-state index >= 15 is 0 Å². The lowest BCUT2D eigenvalue weighted by Crippen LogP contribution is -1.94. The first-order chi connectivity index (χ1) is 8.33. The van der Waals surface area contributed by atoms with Crippen LogP contribution in [0.4, 0.5) is 0 Å². The molecule has 1 aromatic heterocycles. The summed E-state index contributed by atoms with van der Waals surface area (Å²) in [5, 5.41) is 9.93. The highest BCUT2D eigenvalue weighted by Gasteiger charge is 2.26. The Morgan fingerprint density at radius 3 is 3.06 bits per heavy atom. The first-order valence-electron chi connectivity index (χ1n) is 5.60. The van der Waals surface area contributed by atoms with Crippen LogP contribution in [-0.4, -0.2) is 14.8 Å². The molecule has 1 saturated carbocycles. The predicted octanol–water partition coefficient (Wildman–Crippen LogP) is 3.56. The molecule has 88 valence electrons. The number of hydrogen-bond acceptors (Lipinski definition) is 3. The van der Waals surface area contributed by atoms with Crippen LogP contribution in [0.5, 0.6) is 0 Å². The van der Waals surface area contributed by atoms with Crippen molar-refractivity contribution in [2.45, 2.75) is 29.8 Å². The Kier molecular flexibility index (Phi) is 3.07. The zero-order valence-electron chi connectivity index (χ0n) is 9.21. The van der Waals surface area contributed by atoms with Crippen LogP contribution in [0, 0.1) is 0 Å². The largest absolute Gasteiger partial charge is 0.306 e. The fourth-order valence-electron chi connectivity index (χ4n) is 1.71. The molecule has 3 rings (SSSR count). The second-order valence-corrected chi connectivity index (χ2v) is 5.55. The summed E-state index contributed by atoms with van der Waals surface area (Å²) in [5.41, 5.74) is 1.22. The van der Waals surface area contributed by atoms with Crippen LogP contribution in [0.2, 0.25) is 5.02 Å². The molecule has 0 unspecified atom stereocenters. The van der Waals surface area contributed by atoms with E-state index in [4.69, 9.17) is 11.6 Å². The number of hydrogen-bond donors (Lipinski definition) is 0. The first-order valence-corrected chi connectivity index (χ1v) is 6.96. The smallest absolute Gasteiger partial charge is 0.191 e. The average molecular weight is 266 g/mol. The van der Waals surface area contributed by atoms with Gasteiger partial charge in [-0.15, -0.1) is 10.2 Å². The fraction of sp³-hybridized carbons (Fsp3) is 0.333. The van der Waals surface area contributed by atoms with Crippen LogP contribution < -0.4 is 0 Å². The second kappa shape index (κ2) is 4.70. The molecule has 2 aromatic rings. The fourth-order valence-corrected chi connectivity index (χ4v) is 2.85. The van der Waals surface area contributed by atoms with E-state index in [1.165, 1.54) is 18.4 Å². The maximum atomic E-state index is 5.95. The summed E-state index contributed by atoms with van der Waals surface area (Å²) in [7, 11) is 0. The molecule has 0 atom stereocenters. The molecule has 17 heavy (non-hydrogen) atoms. The third-order valence-electron chi connectivity index (χ3n) is 2.74. The summed E-state index contributed by atoms with van der Waals surface area (Å²) in [6.07, 6.45) is 4.34. The lowest BCUT2D eigenvalue weighted by Gasteiger charge is -2.04. The van der Waals surface area contributed by atoms with Gasteiger partial charge in [-0.3, -0.25) is 0 Å². The molecule has 0 N–H and O–H groups in total. The number of thioether (sulfide) groups is 1. The lowest BCUT2D eigenvalue weighted by atomic mass is 10.2. The van der Waals surface area contributed by atoms with Crippen molar-refractivity contribution in [3.8, 4) is 0 Å². The van der Waals surface area contributed by atoms with Gasteiger partial charge in [0.2, 0.25) is 0 Å². The summed E-state index contributed by atoms with van der Waals surface area (Å²) in [6, 6.07) is 8.57. The third kappa shape index (κ3) is 2.64. The Morgan fingerprint density at radius 2 is 2.29 bits per heavy atom. The first kappa shape index (κ1) is 11.1. The van der Waals surface area contributed by atoms with E-state index in [1.54, 1.807) is 11.8 Å².